The van der Waals surface area contributed by atoms with Gasteiger partial charge in [0.25, 0.3) is 11.8 Å². The van der Waals surface area contributed by atoms with Gasteiger partial charge in [-0.15, -0.1) is 0 Å². The second-order valence-corrected chi connectivity index (χ2v) is 8.68. The molecule has 5 rings (SSSR count). The Balaban J connectivity index is 1.38. The molecule has 6 nitrogen and oxygen atoms in total. The molecule has 3 aromatic carbocycles. The van der Waals surface area contributed by atoms with Crippen molar-refractivity contribution < 1.29 is 9.59 Å². The van der Waals surface area contributed by atoms with Gasteiger partial charge in [-0.05, 0) is 73.4 Å². The lowest BCUT2D eigenvalue weighted by atomic mass is 10.0. The topological polar surface area (TPSA) is 67.2 Å². The molecule has 0 radical (unpaired) electrons. The Labute approximate surface area is 198 Å². The molecule has 4 aromatic rings. The van der Waals surface area contributed by atoms with Crippen LogP contribution in [0.25, 0.3) is 11.3 Å². The molecule has 0 saturated carbocycles. The predicted molar refractivity (Wildman–Crippen MR) is 134 cm³/mol. The molecule has 170 valence electrons. The third-order valence-electron chi connectivity index (χ3n) is 6.44. The minimum absolute atomic E-state index is 0.0746. The highest BCUT2D eigenvalue weighted by Crippen LogP contribution is 2.36. The highest BCUT2D eigenvalue weighted by atomic mass is 16.2. The molecular formula is C28H26N4O2. The van der Waals surface area contributed by atoms with Crippen LogP contribution in [0.4, 0.5) is 11.4 Å². The summed E-state index contributed by atoms with van der Waals surface area (Å²) in [6, 6.07) is 20.7. The summed E-state index contributed by atoms with van der Waals surface area (Å²) in [5.74, 6) is -0.235. The number of fused-ring (bicyclic) bond motifs is 3. The number of amides is 2. The molecule has 1 aliphatic heterocycles. The number of carbonyl (C=O) groups is 2. The van der Waals surface area contributed by atoms with E-state index in [1.165, 1.54) is 0 Å². The average Bonchev–Trinajstić information content (AvgIpc) is 3.14. The molecule has 2 heterocycles. The van der Waals surface area contributed by atoms with Gasteiger partial charge < -0.3 is 10.2 Å². The first-order valence-electron chi connectivity index (χ1n) is 11.3. The third kappa shape index (κ3) is 3.88. The lowest BCUT2D eigenvalue weighted by Gasteiger charge is -2.23. The van der Waals surface area contributed by atoms with Crippen molar-refractivity contribution >= 4 is 23.2 Å². The highest BCUT2D eigenvalue weighted by molar-refractivity contribution is 6.09. The molecule has 6 heteroatoms. The lowest BCUT2D eigenvalue weighted by Crippen LogP contribution is -2.32. The van der Waals surface area contributed by atoms with E-state index in [-0.39, 0.29) is 11.8 Å². The van der Waals surface area contributed by atoms with Crippen molar-refractivity contribution in [3.63, 3.8) is 0 Å². The molecule has 0 unspecified atom stereocenters. The van der Waals surface area contributed by atoms with Gasteiger partial charge in [0, 0.05) is 42.2 Å². The Bertz CT molecular complexity index is 1400. The summed E-state index contributed by atoms with van der Waals surface area (Å²) >= 11 is 0. The van der Waals surface area contributed by atoms with Crippen molar-refractivity contribution in [2.75, 3.05) is 16.8 Å². The van der Waals surface area contributed by atoms with Crippen molar-refractivity contribution in [1.82, 2.24) is 9.78 Å². The summed E-state index contributed by atoms with van der Waals surface area (Å²) in [5, 5.41) is 7.57. The Morgan fingerprint density at radius 2 is 1.71 bits per heavy atom. The average molecular weight is 451 g/mol. The number of nitrogens with zero attached hydrogens (tertiary/aromatic N) is 3. The van der Waals surface area contributed by atoms with Gasteiger partial charge in [0.05, 0.1) is 11.4 Å². The number of para-hydroxylation sites is 1. The fourth-order valence-electron chi connectivity index (χ4n) is 4.47. The first-order valence-corrected chi connectivity index (χ1v) is 11.3. The monoisotopic (exact) mass is 450 g/mol. The standard InChI is InChI=1S/C28H26N4O2/c1-18-7-6-9-23(19(18)2)27(33)29-22-13-11-20(12-14-22)28(34)32-16-15-21-17-31(3)30-26(21)24-8-4-5-10-25(24)32/h4-14,17H,15-16H2,1-3H3,(H,29,33). The van der Waals surface area contributed by atoms with E-state index in [0.717, 1.165) is 40.1 Å². The molecule has 0 fully saturated rings. The molecule has 0 aliphatic carbocycles. The van der Waals surface area contributed by atoms with E-state index in [0.29, 0.717) is 23.4 Å². The van der Waals surface area contributed by atoms with Crippen molar-refractivity contribution in [3.05, 3.63) is 101 Å². The van der Waals surface area contributed by atoms with Crippen molar-refractivity contribution in [1.29, 1.82) is 0 Å². The molecule has 0 bridgehead atoms. The molecule has 2 amide bonds. The van der Waals surface area contributed by atoms with Gasteiger partial charge in [-0.1, -0.05) is 30.3 Å². The van der Waals surface area contributed by atoms with Crippen molar-refractivity contribution in [2.45, 2.75) is 20.3 Å². The number of hydrogen-bond acceptors (Lipinski definition) is 3. The number of aryl methyl sites for hydroxylation is 2. The van der Waals surface area contributed by atoms with Crippen molar-refractivity contribution in [2.24, 2.45) is 7.05 Å². The molecule has 1 aliphatic rings. The Morgan fingerprint density at radius 3 is 2.50 bits per heavy atom. The number of aromatic nitrogens is 2. The van der Waals surface area contributed by atoms with Crippen LogP contribution < -0.4 is 10.2 Å². The van der Waals surface area contributed by atoms with Crippen molar-refractivity contribution in [3.8, 4) is 11.3 Å². The van der Waals surface area contributed by atoms with E-state index in [1.807, 2.05) is 79.1 Å². The third-order valence-corrected chi connectivity index (χ3v) is 6.44. The molecule has 0 saturated heterocycles. The second-order valence-electron chi connectivity index (χ2n) is 8.68. The maximum Gasteiger partial charge on any atom is 0.258 e. The van der Waals surface area contributed by atoms with Crippen LogP contribution in [-0.4, -0.2) is 28.1 Å². The summed E-state index contributed by atoms with van der Waals surface area (Å²) in [5.41, 5.74) is 7.78. The SMILES string of the molecule is Cc1cccc(C(=O)Nc2ccc(C(=O)N3CCc4cn(C)nc4-c4ccccc43)cc2)c1C. The van der Waals surface area contributed by atoms with Gasteiger partial charge in [-0.3, -0.25) is 14.3 Å². The smallest absolute Gasteiger partial charge is 0.258 e. The first kappa shape index (κ1) is 21.6. The van der Waals surface area contributed by atoms with E-state index >= 15 is 0 Å². The van der Waals surface area contributed by atoms with E-state index in [1.54, 1.807) is 24.3 Å². The van der Waals surface area contributed by atoms with Gasteiger partial charge in [0.15, 0.2) is 0 Å². The van der Waals surface area contributed by atoms with Gasteiger partial charge in [0.1, 0.15) is 0 Å². The molecule has 0 atom stereocenters. The molecule has 34 heavy (non-hydrogen) atoms. The number of carbonyl (C=O) groups excluding carboxylic acids is 2. The first-order chi connectivity index (χ1) is 16.4. The van der Waals surface area contributed by atoms with E-state index in [2.05, 4.69) is 10.4 Å². The second kappa shape index (κ2) is 8.63. The summed E-state index contributed by atoms with van der Waals surface area (Å²) in [7, 11) is 1.92. The summed E-state index contributed by atoms with van der Waals surface area (Å²) < 4.78 is 1.82. The summed E-state index contributed by atoms with van der Waals surface area (Å²) in [6.45, 7) is 4.50. The van der Waals surface area contributed by atoms with Crippen LogP contribution in [0.3, 0.4) is 0 Å². The van der Waals surface area contributed by atoms with Crippen LogP contribution in [0.5, 0.6) is 0 Å². The zero-order chi connectivity index (χ0) is 23.8. The van der Waals surface area contributed by atoms with E-state index < -0.39 is 0 Å². The minimum atomic E-state index is -0.160. The number of anilines is 2. The van der Waals surface area contributed by atoms with Crippen LogP contribution in [0.2, 0.25) is 0 Å². The van der Waals surface area contributed by atoms with E-state index in [9.17, 15) is 9.59 Å². The zero-order valence-electron chi connectivity index (χ0n) is 19.5. The largest absolute Gasteiger partial charge is 0.322 e. The summed E-state index contributed by atoms with van der Waals surface area (Å²) in [6.07, 6.45) is 2.75. The normalized spacial score (nSPS) is 12.5. The number of nitrogens with one attached hydrogen (secondary N) is 1. The molecule has 1 N–H and O–H groups in total. The molecule has 1 aromatic heterocycles. The molecular weight excluding hydrogens is 424 g/mol. The van der Waals surface area contributed by atoms with Gasteiger partial charge in [-0.25, -0.2) is 0 Å². The quantitative estimate of drug-likeness (QED) is 0.469. The Hall–Kier alpha value is -4.19. The number of hydrogen-bond donors (Lipinski definition) is 1. The fourth-order valence-corrected chi connectivity index (χ4v) is 4.47. The van der Waals surface area contributed by atoms with Gasteiger partial charge >= 0.3 is 0 Å². The molecule has 0 spiro atoms. The maximum atomic E-state index is 13.5. The zero-order valence-corrected chi connectivity index (χ0v) is 19.5. The van der Waals surface area contributed by atoms with Crippen LogP contribution in [0.1, 0.15) is 37.4 Å². The maximum absolute atomic E-state index is 13.5. The Kier molecular flexibility index (Phi) is 5.49. The fraction of sp³-hybridized carbons (Fsp3) is 0.179. The number of rotatable bonds is 3. The van der Waals surface area contributed by atoms with E-state index in [4.69, 9.17) is 0 Å². The Morgan fingerprint density at radius 1 is 0.941 bits per heavy atom. The van der Waals surface area contributed by atoms with Crippen LogP contribution in [-0.2, 0) is 13.5 Å². The van der Waals surface area contributed by atoms with Gasteiger partial charge in [-0.2, -0.15) is 5.10 Å². The lowest BCUT2D eigenvalue weighted by molar-refractivity contribution is 0.0986. The summed E-state index contributed by atoms with van der Waals surface area (Å²) in [4.78, 5) is 28.1. The van der Waals surface area contributed by atoms with Gasteiger partial charge in [0.2, 0.25) is 0 Å². The van der Waals surface area contributed by atoms with Crippen LogP contribution >= 0.6 is 0 Å². The predicted octanol–water partition coefficient (Wildman–Crippen LogP) is 5.16. The van der Waals surface area contributed by atoms with Crippen LogP contribution in [0, 0.1) is 13.8 Å². The number of benzene rings is 3. The van der Waals surface area contributed by atoms with Crippen LogP contribution in [0.15, 0.2) is 72.9 Å². The minimum Gasteiger partial charge on any atom is -0.322 e. The highest BCUT2D eigenvalue weighted by Gasteiger charge is 2.26.